The summed E-state index contributed by atoms with van der Waals surface area (Å²) in [6.07, 6.45) is 1.35. The Hall–Kier alpha value is -1.47. The van der Waals surface area contributed by atoms with Crippen LogP contribution < -0.4 is 0 Å². The maximum absolute atomic E-state index is 13.7. The molecule has 1 aromatic rings. The van der Waals surface area contributed by atoms with Crippen molar-refractivity contribution < 1.29 is 22.3 Å². The number of hydrogen-bond donors (Lipinski definition) is 0. The topological polar surface area (TPSA) is 63.7 Å². The highest BCUT2D eigenvalue weighted by Gasteiger charge is 2.40. The van der Waals surface area contributed by atoms with Crippen LogP contribution in [0.3, 0.4) is 0 Å². The highest BCUT2D eigenvalue weighted by atomic mass is 32.2. The van der Waals surface area contributed by atoms with E-state index in [1.165, 1.54) is 18.2 Å². The van der Waals surface area contributed by atoms with Crippen LogP contribution in [0.5, 0.6) is 0 Å². The first-order valence-electron chi connectivity index (χ1n) is 6.38. The summed E-state index contributed by atoms with van der Waals surface area (Å²) in [5, 5.41) is 0. The summed E-state index contributed by atoms with van der Waals surface area (Å²) < 4.78 is 44.4. The Morgan fingerprint density at radius 3 is 2.60 bits per heavy atom. The van der Waals surface area contributed by atoms with Gasteiger partial charge >= 0.3 is 5.97 Å². The molecule has 0 aromatic heterocycles. The molecular formula is C13H16FNO4S. The molecule has 7 heteroatoms. The Bertz CT molecular complexity index is 598. The zero-order valence-electron chi connectivity index (χ0n) is 11.1. The van der Waals surface area contributed by atoms with Gasteiger partial charge in [-0.1, -0.05) is 12.1 Å². The summed E-state index contributed by atoms with van der Waals surface area (Å²) >= 11 is 0. The van der Waals surface area contributed by atoms with E-state index in [4.69, 9.17) is 4.74 Å². The van der Waals surface area contributed by atoms with Gasteiger partial charge < -0.3 is 4.74 Å². The van der Waals surface area contributed by atoms with Crippen molar-refractivity contribution in [3.05, 3.63) is 30.1 Å². The van der Waals surface area contributed by atoms with Crippen LogP contribution >= 0.6 is 0 Å². The molecule has 0 N–H and O–H groups in total. The SMILES string of the molecule is CCOC(=O)CN(C1CC1)S(=O)(=O)c1ccccc1F. The predicted octanol–water partition coefficient (Wildman–Crippen LogP) is 1.54. The highest BCUT2D eigenvalue weighted by molar-refractivity contribution is 7.89. The van der Waals surface area contributed by atoms with Crippen molar-refractivity contribution in [1.82, 2.24) is 4.31 Å². The third kappa shape index (κ3) is 3.16. The third-order valence-electron chi connectivity index (χ3n) is 2.97. The maximum Gasteiger partial charge on any atom is 0.321 e. The fourth-order valence-electron chi connectivity index (χ4n) is 1.89. The molecule has 0 heterocycles. The van der Waals surface area contributed by atoms with Crippen molar-refractivity contribution in [3.63, 3.8) is 0 Å². The molecule has 0 unspecified atom stereocenters. The van der Waals surface area contributed by atoms with Crippen LogP contribution in [0.4, 0.5) is 4.39 Å². The molecule has 5 nitrogen and oxygen atoms in total. The second kappa shape index (κ2) is 5.88. The molecule has 2 rings (SSSR count). The lowest BCUT2D eigenvalue weighted by molar-refractivity contribution is -0.143. The number of sulfonamides is 1. The quantitative estimate of drug-likeness (QED) is 0.748. The molecule has 0 bridgehead atoms. The number of benzene rings is 1. The number of carbonyl (C=O) groups excluding carboxylic acids is 1. The summed E-state index contributed by atoms with van der Waals surface area (Å²) in [5.74, 6) is -1.44. The van der Waals surface area contributed by atoms with Gasteiger partial charge in [-0.3, -0.25) is 4.79 Å². The highest BCUT2D eigenvalue weighted by Crippen LogP contribution is 2.32. The standard InChI is InChI=1S/C13H16FNO4S/c1-2-19-13(16)9-15(10-7-8-10)20(17,18)12-6-4-3-5-11(12)14/h3-6,10H,2,7-9H2,1H3. The van der Waals surface area contributed by atoms with Gasteiger partial charge in [-0.2, -0.15) is 4.31 Å². The van der Waals surface area contributed by atoms with Crippen molar-refractivity contribution in [1.29, 1.82) is 0 Å². The molecule has 1 aliphatic carbocycles. The van der Waals surface area contributed by atoms with E-state index in [1.807, 2.05) is 0 Å². The number of ether oxygens (including phenoxy) is 1. The largest absolute Gasteiger partial charge is 0.465 e. The van der Waals surface area contributed by atoms with Crippen LogP contribution in [0.25, 0.3) is 0 Å². The number of esters is 1. The van der Waals surface area contributed by atoms with E-state index in [9.17, 15) is 17.6 Å². The Balaban J connectivity index is 2.29. The van der Waals surface area contributed by atoms with Gasteiger partial charge in [-0.15, -0.1) is 0 Å². The van der Waals surface area contributed by atoms with Gasteiger partial charge in [0.25, 0.3) is 0 Å². The number of carbonyl (C=O) groups is 1. The average Bonchev–Trinajstić information content (AvgIpc) is 3.20. The molecule has 1 aliphatic rings. The van der Waals surface area contributed by atoms with Gasteiger partial charge in [0.1, 0.15) is 17.3 Å². The van der Waals surface area contributed by atoms with E-state index >= 15 is 0 Å². The monoisotopic (exact) mass is 301 g/mol. The van der Waals surface area contributed by atoms with Crippen LogP contribution in [0.1, 0.15) is 19.8 Å². The normalized spacial score (nSPS) is 15.3. The molecule has 1 saturated carbocycles. The van der Waals surface area contributed by atoms with E-state index in [-0.39, 0.29) is 19.2 Å². The Morgan fingerprint density at radius 1 is 1.40 bits per heavy atom. The van der Waals surface area contributed by atoms with Gasteiger partial charge in [0.15, 0.2) is 0 Å². The molecule has 0 aliphatic heterocycles. The van der Waals surface area contributed by atoms with Crippen LogP contribution in [-0.4, -0.2) is 37.9 Å². The number of halogens is 1. The van der Waals surface area contributed by atoms with Crippen LogP contribution in [0.15, 0.2) is 29.2 Å². The van der Waals surface area contributed by atoms with Crippen molar-refractivity contribution >= 4 is 16.0 Å². The van der Waals surface area contributed by atoms with Crippen molar-refractivity contribution in [2.24, 2.45) is 0 Å². The third-order valence-corrected chi connectivity index (χ3v) is 4.90. The van der Waals surface area contributed by atoms with Gasteiger partial charge in [-0.05, 0) is 31.9 Å². The van der Waals surface area contributed by atoms with E-state index in [2.05, 4.69) is 0 Å². The molecule has 0 radical (unpaired) electrons. The fraction of sp³-hybridized carbons (Fsp3) is 0.462. The van der Waals surface area contributed by atoms with Gasteiger partial charge in [0.2, 0.25) is 10.0 Å². The van der Waals surface area contributed by atoms with E-state index in [1.54, 1.807) is 6.92 Å². The molecule has 0 amide bonds. The summed E-state index contributed by atoms with van der Waals surface area (Å²) in [4.78, 5) is 11.1. The molecule has 0 saturated heterocycles. The lowest BCUT2D eigenvalue weighted by atomic mass is 10.4. The summed E-state index contributed by atoms with van der Waals surface area (Å²) in [7, 11) is -4.02. The van der Waals surface area contributed by atoms with Gasteiger partial charge in [-0.25, -0.2) is 12.8 Å². The van der Waals surface area contributed by atoms with Crippen LogP contribution in [0, 0.1) is 5.82 Å². The zero-order valence-corrected chi connectivity index (χ0v) is 11.9. The first kappa shape index (κ1) is 14.9. The minimum atomic E-state index is -4.02. The first-order valence-corrected chi connectivity index (χ1v) is 7.82. The van der Waals surface area contributed by atoms with Gasteiger partial charge in [0, 0.05) is 6.04 Å². The van der Waals surface area contributed by atoms with Crippen molar-refractivity contribution in [2.75, 3.05) is 13.2 Å². The molecule has 1 aromatic carbocycles. The Kier molecular flexibility index (Phi) is 4.39. The molecule has 110 valence electrons. The minimum absolute atomic E-state index is 0.178. The van der Waals surface area contributed by atoms with Gasteiger partial charge in [0.05, 0.1) is 6.61 Å². The van der Waals surface area contributed by atoms with Crippen molar-refractivity contribution in [3.8, 4) is 0 Å². The zero-order chi connectivity index (χ0) is 14.8. The minimum Gasteiger partial charge on any atom is -0.465 e. The second-order valence-electron chi connectivity index (χ2n) is 4.52. The van der Waals surface area contributed by atoms with E-state index in [0.29, 0.717) is 12.8 Å². The summed E-state index contributed by atoms with van der Waals surface area (Å²) in [5.41, 5.74) is 0. The molecule has 20 heavy (non-hydrogen) atoms. The Morgan fingerprint density at radius 2 is 2.05 bits per heavy atom. The first-order chi connectivity index (χ1) is 9.46. The fourth-order valence-corrected chi connectivity index (χ4v) is 3.58. The number of nitrogens with zero attached hydrogens (tertiary/aromatic N) is 1. The maximum atomic E-state index is 13.7. The molecule has 0 spiro atoms. The van der Waals surface area contributed by atoms with Crippen LogP contribution in [-0.2, 0) is 19.6 Å². The average molecular weight is 301 g/mol. The summed E-state index contributed by atoms with van der Waals surface area (Å²) in [6.45, 7) is 1.44. The smallest absolute Gasteiger partial charge is 0.321 e. The molecular weight excluding hydrogens is 285 g/mol. The number of rotatable bonds is 6. The van der Waals surface area contributed by atoms with Crippen molar-refractivity contribution in [2.45, 2.75) is 30.7 Å². The lowest BCUT2D eigenvalue weighted by Gasteiger charge is -2.21. The predicted molar refractivity (Wildman–Crippen MR) is 69.9 cm³/mol. The summed E-state index contributed by atoms with van der Waals surface area (Å²) in [6, 6.07) is 4.91. The Labute approximate surface area is 117 Å². The molecule has 1 fully saturated rings. The second-order valence-corrected chi connectivity index (χ2v) is 6.38. The van der Waals surface area contributed by atoms with E-state index in [0.717, 1.165) is 10.4 Å². The number of hydrogen-bond acceptors (Lipinski definition) is 4. The molecule has 0 atom stereocenters. The van der Waals surface area contributed by atoms with E-state index < -0.39 is 26.7 Å². The van der Waals surface area contributed by atoms with Crippen LogP contribution in [0.2, 0.25) is 0 Å². The lowest BCUT2D eigenvalue weighted by Crippen LogP contribution is -2.38.